The van der Waals surface area contributed by atoms with Crippen LogP contribution >= 0.6 is 0 Å². The summed E-state index contributed by atoms with van der Waals surface area (Å²) >= 11 is 0. The molecule has 0 aliphatic carbocycles. The Morgan fingerprint density at radius 2 is 2.26 bits per heavy atom. The molecule has 0 radical (unpaired) electrons. The second-order valence-electron chi connectivity index (χ2n) is 4.35. The fourth-order valence-electron chi connectivity index (χ4n) is 2.16. The Balaban J connectivity index is 2.06. The van der Waals surface area contributed by atoms with Crippen LogP contribution in [-0.4, -0.2) is 14.6 Å². The van der Waals surface area contributed by atoms with E-state index in [4.69, 9.17) is 4.52 Å². The molecule has 0 N–H and O–H groups in total. The molecule has 1 aromatic carbocycles. The predicted molar refractivity (Wildman–Crippen MR) is 68.9 cm³/mol. The Morgan fingerprint density at radius 3 is 2.95 bits per heavy atom. The van der Waals surface area contributed by atoms with Crippen LogP contribution in [0.4, 0.5) is 5.69 Å². The van der Waals surface area contributed by atoms with Crippen molar-refractivity contribution in [3.63, 3.8) is 0 Å². The second-order valence-corrected chi connectivity index (χ2v) is 4.35. The van der Waals surface area contributed by atoms with Gasteiger partial charge in [-0.3, -0.25) is 10.1 Å². The number of aryl methyl sites for hydroxylation is 1. The van der Waals surface area contributed by atoms with Crippen molar-refractivity contribution in [2.45, 2.75) is 13.5 Å². The van der Waals surface area contributed by atoms with Gasteiger partial charge in [0.25, 0.3) is 5.69 Å². The summed E-state index contributed by atoms with van der Waals surface area (Å²) in [5.74, 6) is 0.724. The zero-order chi connectivity index (χ0) is 13.4. The fraction of sp³-hybridized carbons (Fsp3) is 0.154. The number of fused-ring (bicyclic) bond motifs is 1. The van der Waals surface area contributed by atoms with Crippen LogP contribution in [0.2, 0.25) is 0 Å². The maximum absolute atomic E-state index is 11.0. The van der Waals surface area contributed by atoms with Crippen molar-refractivity contribution in [3.8, 4) is 0 Å². The first-order chi connectivity index (χ1) is 9.15. The Kier molecular flexibility index (Phi) is 2.56. The van der Waals surface area contributed by atoms with Gasteiger partial charge < -0.3 is 9.09 Å². The van der Waals surface area contributed by atoms with Crippen LogP contribution in [0.3, 0.4) is 0 Å². The molecule has 2 aromatic heterocycles. The van der Waals surface area contributed by atoms with Gasteiger partial charge >= 0.3 is 0 Å². The zero-order valence-electron chi connectivity index (χ0n) is 10.2. The van der Waals surface area contributed by atoms with Crippen LogP contribution in [-0.2, 0) is 6.54 Å². The van der Waals surface area contributed by atoms with Gasteiger partial charge in [0.1, 0.15) is 0 Å². The number of nitrogens with zero attached hydrogens (tertiary/aromatic N) is 3. The first kappa shape index (κ1) is 11.5. The molecule has 2 heterocycles. The van der Waals surface area contributed by atoms with E-state index in [-0.39, 0.29) is 10.6 Å². The highest BCUT2D eigenvalue weighted by Crippen LogP contribution is 2.26. The number of nitro benzene ring substituents is 1. The van der Waals surface area contributed by atoms with Gasteiger partial charge in [-0.15, -0.1) is 0 Å². The summed E-state index contributed by atoms with van der Waals surface area (Å²) in [5, 5.41) is 15.4. The molecule has 0 atom stereocenters. The molecule has 0 aliphatic heterocycles. The smallest absolute Gasteiger partial charge is 0.278 e. The molecule has 0 bridgehead atoms. The molecule has 0 spiro atoms. The molecule has 6 nitrogen and oxygen atoms in total. The highest BCUT2D eigenvalue weighted by atomic mass is 16.6. The van der Waals surface area contributed by atoms with E-state index in [0.29, 0.717) is 11.9 Å². The monoisotopic (exact) mass is 257 g/mol. The summed E-state index contributed by atoms with van der Waals surface area (Å²) in [6, 6.07) is 8.64. The molecule has 0 saturated carbocycles. The second kappa shape index (κ2) is 4.24. The lowest BCUT2D eigenvalue weighted by Gasteiger charge is -2.01. The van der Waals surface area contributed by atoms with Crippen molar-refractivity contribution < 1.29 is 9.45 Å². The minimum absolute atomic E-state index is 0.116. The molecule has 6 heteroatoms. The minimum Gasteiger partial charge on any atom is -0.359 e. The summed E-state index contributed by atoms with van der Waals surface area (Å²) in [6.07, 6.45) is 1.82. The Morgan fingerprint density at radius 1 is 1.42 bits per heavy atom. The SMILES string of the molecule is Cc1cc(Cn2ccc3c([N+](=O)[O-])cccc32)on1. The minimum atomic E-state index is -0.370. The predicted octanol–water partition coefficient (Wildman–Crippen LogP) is 2.89. The number of rotatable bonds is 3. The summed E-state index contributed by atoms with van der Waals surface area (Å²) in [4.78, 5) is 10.6. The Labute approximate surface area is 108 Å². The van der Waals surface area contributed by atoms with E-state index in [9.17, 15) is 10.1 Å². The van der Waals surface area contributed by atoms with Crippen molar-refractivity contribution in [1.29, 1.82) is 0 Å². The number of hydrogen-bond acceptors (Lipinski definition) is 4. The van der Waals surface area contributed by atoms with Gasteiger partial charge in [0.05, 0.1) is 28.1 Å². The number of hydrogen-bond donors (Lipinski definition) is 0. The van der Waals surface area contributed by atoms with Crippen LogP contribution in [0.25, 0.3) is 10.9 Å². The molecule has 0 fully saturated rings. The molecule has 3 rings (SSSR count). The van der Waals surface area contributed by atoms with Gasteiger partial charge in [-0.25, -0.2) is 0 Å². The summed E-state index contributed by atoms with van der Waals surface area (Å²) in [6.45, 7) is 2.36. The van der Waals surface area contributed by atoms with E-state index in [1.807, 2.05) is 29.8 Å². The highest BCUT2D eigenvalue weighted by molar-refractivity contribution is 5.89. The maximum atomic E-state index is 11.0. The standard InChI is InChI=1S/C13H11N3O3/c1-9-7-10(19-14-9)8-15-6-5-11-12(15)3-2-4-13(11)16(17)18/h2-7H,8H2,1H3. The lowest BCUT2D eigenvalue weighted by atomic mass is 10.2. The van der Waals surface area contributed by atoms with Gasteiger partial charge in [0.2, 0.25) is 0 Å². The van der Waals surface area contributed by atoms with Crippen molar-refractivity contribution >= 4 is 16.6 Å². The summed E-state index contributed by atoms with van der Waals surface area (Å²) in [7, 11) is 0. The molecule has 0 unspecified atom stereocenters. The van der Waals surface area contributed by atoms with E-state index in [2.05, 4.69) is 5.16 Å². The molecule has 96 valence electrons. The quantitative estimate of drug-likeness (QED) is 0.534. The topological polar surface area (TPSA) is 74.1 Å². The molecule has 19 heavy (non-hydrogen) atoms. The number of non-ortho nitro benzene ring substituents is 1. The molecule has 0 aliphatic rings. The van der Waals surface area contributed by atoms with E-state index >= 15 is 0 Å². The van der Waals surface area contributed by atoms with Crippen molar-refractivity contribution in [3.05, 3.63) is 58.1 Å². The normalized spacial score (nSPS) is 11.0. The third-order valence-corrected chi connectivity index (χ3v) is 2.99. The van der Waals surface area contributed by atoms with Crippen molar-refractivity contribution in [2.24, 2.45) is 0 Å². The van der Waals surface area contributed by atoms with Crippen molar-refractivity contribution in [2.75, 3.05) is 0 Å². The average Bonchev–Trinajstić information content (AvgIpc) is 2.97. The molecular formula is C13H11N3O3. The number of benzene rings is 1. The number of nitro groups is 1. The zero-order valence-corrected chi connectivity index (χ0v) is 10.2. The third kappa shape index (κ3) is 1.97. The van der Waals surface area contributed by atoms with Gasteiger partial charge in [0.15, 0.2) is 5.76 Å². The summed E-state index contributed by atoms with van der Waals surface area (Å²) < 4.78 is 7.06. The van der Waals surface area contributed by atoms with Gasteiger partial charge in [-0.1, -0.05) is 11.2 Å². The first-order valence-electron chi connectivity index (χ1n) is 5.79. The van der Waals surface area contributed by atoms with Crippen LogP contribution < -0.4 is 0 Å². The first-order valence-corrected chi connectivity index (χ1v) is 5.79. The molecule has 0 amide bonds. The molecular weight excluding hydrogens is 246 g/mol. The van der Waals surface area contributed by atoms with E-state index in [1.165, 1.54) is 6.07 Å². The fourth-order valence-corrected chi connectivity index (χ4v) is 2.16. The Hall–Kier alpha value is -2.63. The van der Waals surface area contributed by atoms with Crippen molar-refractivity contribution in [1.82, 2.24) is 9.72 Å². The van der Waals surface area contributed by atoms with Crippen LogP contribution in [0, 0.1) is 17.0 Å². The summed E-state index contributed by atoms with van der Waals surface area (Å²) in [5.41, 5.74) is 1.74. The van der Waals surface area contributed by atoms with Gasteiger partial charge in [-0.05, 0) is 19.1 Å². The van der Waals surface area contributed by atoms with Crippen LogP contribution in [0.1, 0.15) is 11.5 Å². The number of aromatic nitrogens is 2. The third-order valence-electron chi connectivity index (χ3n) is 2.99. The maximum Gasteiger partial charge on any atom is 0.278 e. The van der Waals surface area contributed by atoms with E-state index in [1.54, 1.807) is 12.1 Å². The Bertz CT molecular complexity index is 757. The lowest BCUT2D eigenvalue weighted by Crippen LogP contribution is -1.96. The molecule has 3 aromatic rings. The van der Waals surface area contributed by atoms with Gasteiger partial charge in [-0.2, -0.15) is 0 Å². The van der Waals surface area contributed by atoms with E-state index in [0.717, 1.165) is 17.0 Å². The largest absolute Gasteiger partial charge is 0.359 e. The average molecular weight is 257 g/mol. The van der Waals surface area contributed by atoms with Crippen LogP contribution in [0.15, 0.2) is 41.1 Å². The van der Waals surface area contributed by atoms with Crippen LogP contribution in [0.5, 0.6) is 0 Å². The van der Waals surface area contributed by atoms with E-state index < -0.39 is 0 Å². The van der Waals surface area contributed by atoms with Gasteiger partial charge in [0, 0.05) is 18.3 Å². The lowest BCUT2D eigenvalue weighted by molar-refractivity contribution is -0.383. The highest BCUT2D eigenvalue weighted by Gasteiger charge is 2.14. The molecule has 0 saturated heterocycles.